The van der Waals surface area contributed by atoms with Crippen LogP contribution in [0.1, 0.15) is 32.1 Å². The Morgan fingerprint density at radius 2 is 2.08 bits per heavy atom. The summed E-state index contributed by atoms with van der Waals surface area (Å²) in [4.78, 5) is 0. The molecule has 72 valence electrons. The highest BCUT2D eigenvalue weighted by atomic mass is 28.2. The summed E-state index contributed by atoms with van der Waals surface area (Å²) >= 11 is 0. The Kier molecular flexibility index (Phi) is 5.65. The average Bonchev–Trinajstić information content (AvgIpc) is 2.14. The van der Waals surface area contributed by atoms with Crippen molar-refractivity contribution < 1.29 is 4.74 Å². The van der Waals surface area contributed by atoms with E-state index >= 15 is 0 Å². The molecule has 2 nitrogen and oxygen atoms in total. The van der Waals surface area contributed by atoms with Crippen molar-refractivity contribution in [1.82, 2.24) is 5.32 Å². The van der Waals surface area contributed by atoms with Crippen LogP contribution in [0.3, 0.4) is 0 Å². The van der Waals surface area contributed by atoms with Gasteiger partial charge in [0.25, 0.3) is 0 Å². The van der Waals surface area contributed by atoms with Crippen LogP contribution >= 0.6 is 0 Å². The zero-order valence-corrected chi connectivity index (χ0v) is 9.56. The average molecular weight is 187 g/mol. The normalized spacial score (nSPS) is 20.8. The van der Waals surface area contributed by atoms with Crippen molar-refractivity contribution in [3.05, 3.63) is 0 Å². The van der Waals surface area contributed by atoms with Gasteiger partial charge in [-0.3, -0.25) is 0 Å². The molecule has 0 aromatic rings. The summed E-state index contributed by atoms with van der Waals surface area (Å²) in [5.41, 5.74) is 0. The Labute approximate surface area is 77.9 Å². The zero-order valence-electron chi connectivity index (χ0n) is 8.14. The van der Waals surface area contributed by atoms with E-state index in [4.69, 9.17) is 4.74 Å². The van der Waals surface area contributed by atoms with E-state index < -0.39 is 0 Å². The van der Waals surface area contributed by atoms with E-state index in [9.17, 15) is 0 Å². The molecule has 0 spiro atoms. The molecule has 0 amide bonds. The van der Waals surface area contributed by atoms with Gasteiger partial charge in [-0.05, 0) is 19.0 Å². The second kappa shape index (κ2) is 6.63. The third-order valence-electron chi connectivity index (χ3n) is 2.56. The van der Waals surface area contributed by atoms with Crippen LogP contribution in [0.15, 0.2) is 0 Å². The molecule has 1 rings (SSSR count). The molecule has 12 heavy (non-hydrogen) atoms. The van der Waals surface area contributed by atoms with Crippen LogP contribution in [-0.4, -0.2) is 35.1 Å². The smallest absolute Gasteiger partial charge is 0.0674 e. The number of hydrogen-bond acceptors (Lipinski definition) is 2. The minimum Gasteiger partial charge on any atom is -0.389 e. The van der Waals surface area contributed by atoms with Gasteiger partial charge in [-0.15, -0.1) is 0 Å². The molecule has 0 heterocycles. The van der Waals surface area contributed by atoms with Gasteiger partial charge in [-0.2, -0.15) is 0 Å². The van der Waals surface area contributed by atoms with E-state index in [2.05, 4.69) is 5.32 Å². The second-order valence-electron chi connectivity index (χ2n) is 3.64. The quantitative estimate of drug-likeness (QED) is 0.504. The van der Waals surface area contributed by atoms with Crippen LogP contribution in [0.2, 0.25) is 0 Å². The van der Waals surface area contributed by atoms with Crippen molar-refractivity contribution in [2.24, 2.45) is 0 Å². The fourth-order valence-electron chi connectivity index (χ4n) is 1.83. The Hall–Kier alpha value is 0.137. The number of rotatable bonds is 5. The third-order valence-corrected chi connectivity index (χ3v) is 3.90. The fraction of sp³-hybridized carbons (Fsp3) is 1.00. The molecule has 0 bridgehead atoms. The largest absolute Gasteiger partial charge is 0.389 e. The lowest BCUT2D eigenvalue weighted by atomic mass is 9.96. The fourth-order valence-corrected chi connectivity index (χ4v) is 2.87. The first-order chi connectivity index (χ1) is 5.93. The maximum absolute atomic E-state index is 5.05. The Morgan fingerprint density at radius 3 is 2.75 bits per heavy atom. The maximum Gasteiger partial charge on any atom is 0.0674 e. The SMILES string of the molecule is COC[SiH2]CNC1CCCCC1. The summed E-state index contributed by atoms with van der Waals surface area (Å²) in [5, 5.41) is 3.64. The van der Waals surface area contributed by atoms with Crippen LogP contribution in [-0.2, 0) is 4.74 Å². The van der Waals surface area contributed by atoms with E-state index in [0.717, 1.165) is 12.3 Å². The molecule has 0 atom stereocenters. The molecule has 0 unspecified atom stereocenters. The van der Waals surface area contributed by atoms with Crippen LogP contribution in [0, 0.1) is 0 Å². The molecular weight excluding hydrogens is 166 g/mol. The molecule has 3 heteroatoms. The molecule has 1 saturated carbocycles. The van der Waals surface area contributed by atoms with Crippen LogP contribution in [0.25, 0.3) is 0 Å². The van der Waals surface area contributed by atoms with Gasteiger partial charge in [0, 0.05) is 19.4 Å². The van der Waals surface area contributed by atoms with E-state index in [0.29, 0.717) is 0 Å². The maximum atomic E-state index is 5.05. The van der Waals surface area contributed by atoms with Gasteiger partial charge in [0.2, 0.25) is 0 Å². The first-order valence-electron chi connectivity index (χ1n) is 5.16. The number of nitrogens with one attached hydrogen (secondary N) is 1. The molecule has 1 N–H and O–H groups in total. The van der Waals surface area contributed by atoms with Gasteiger partial charge in [-0.1, -0.05) is 19.3 Å². The number of methoxy groups -OCH3 is 1. The van der Waals surface area contributed by atoms with Crippen LogP contribution in [0.4, 0.5) is 0 Å². The first-order valence-corrected chi connectivity index (χ1v) is 7.16. The molecule has 0 aliphatic heterocycles. The van der Waals surface area contributed by atoms with Gasteiger partial charge in [-0.25, -0.2) is 0 Å². The summed E-state index contributed by atoms with van der Waals surface area (Å²) in [5.74, 6) is 0. The summed E-state index contributed by atoms with van der Waals surface area (Å²) in [6, 6.07) is 0.836. The standard InChI is InChI=1S/C9H21NOSi/c1-11-8-12-7-10-9-5-3-2-4-6-9/h9-10H,2-8,12H2,1H3. The van der Waals surface area contributed by atoms with Gasteiger partial charge in [0.1, 0.15) is 0 Å². The molecule has 1 aliphatic rings. The van der Waals surface area contributed by atoms with Gasteiger partial charge in [0.05, 0.1) is 9.52 Å². The van der Waals surface area contributed by atoms with E-state index in [-0.39, 0.29) is 9.52 Å². The van der Waals surface area contributed by atoms with Crippen molar-refractivity contribution in [3.63, 3.8) is 0 Å². The summed E-state index contributed by atoms with van der Waals surface area (Å²) < 4.78 is 5.05. The van der Waals surface area contributed by atoms with Crippen LogP contribution in [0.5, 0.6) is 0 Å². The van der Waals surface area contributed by atoms with Crippen molar-refractivity contribution >= 4 is 9.52 Å². The topological polar surface area (TPSA) is 21.3 Å². The summed E-state index contributed by atoms with van der Waals surface area (Å²) in [7, 11) is 1.83. The predicted octanol–water partition coefficient (Wildman–Crippen LogP) is 0.639. The molecular formula is C9H21NOSi. The second-order valence-corrected chi connectivity index (χ2v) is 5.25. The molecule has 0 radical (unpaired) electrons. The molecule has 1 fully saturated rings. The highest BCUT2D eigenvalue weighted by Gasteiger charge is 2.11. The third kappa shape index (κ3) is 4.23. The van der Waals surface area contributed by atoms with Gasteiger partial charge < -0.3 is 10.1 Å². The number of ether oxygens (including phenoxy) is 1. The minimum atomic E-state index is 0.0330. The Morgan fingerprint density at radius 1 is 1.33 bits per heavy atom. The molecule has 1 aliphatic carbocycles. The van der Waals surface area contributed by atoms with E-state index in [1.165, 1.54) is 38.3 Å². The highest BCUT2D eigenvalue weighted by molar-refractivity contribution is 6.35. The number of hydrogen-bond donors (Lipinski definition) is 1. The van der Waals surface area contributed by atoms with Crippen molar-refractivity contribution in [3.8, 4) is 0 Å². The van der Waals surface area contributed by atoms with Gasteiger partial charge in [0.15, 0.2) is 0 Å². The minimum absolute atomic E-state index is 0.0330. The zero-order chi connectivity index (χ0) is 8.65. The summed E-state index contributed by atoms with van der Waals surface area (Å²) in [6.07, 6.45) is 9.42. The Balaban J connectivity index is 1.91. The van der Waals surface area contributed by atoms with Crippen molar-refractivity contribution in [2.45, 2.75) is 38.1 Å². The van der Waals surface area contributed by atoms with Gasteiger partial charge >= 0.3 is 0 Å². The van der Waals surface area contributed by atoms with E-state index in [1.807, 2.05) is 0 Å². The van der Waals surface area contributed by atoms with E-state index in [1.54, 1.807) is 7.11 Å². The lowest BCUT2D eigenvalue weighted by molar-refractivity contribution is 0.250. The Bertz CT molecular complexity index is 105. The predicted molar refractivity (Wildman–Crippen MR) is 55.3 cm³/mol. The van der Waals surface area contributed by atoms with Crippen LogP contribution < -0.4 is 5.32 Å². The van der Waals surface area contributed by atoms with Crippen molar-refractivity contribution in [1.29, 1.82) is 0 Å². The summed E-state index contributed by atoms with van der Waals surface area (Å²) in [6.45, 7) is 0. The monoisotopic (exact) mass is 187 g/mol. The first kappa shape index (κ1) is 10.2. The molecule has 0 aromatic heterocycles. The van der Waals surface area contributed by atoms with Crippen molar-refractivity contribution in [2.75, 3.05) is 19.5 Å². The molecule has 0 aromatic carbocycles. The lowest BCUT2D eigenvalue weighted by Gasteiger charge is -2.22. The lowest BCUT2D eigenvalue weighted by Crippen LogP contribution is -2.35. The molecule has 0 saturated heterocycles. The highest BCUT2D eigenvalue weighted by Crippen LogP contribution is 2.16.